The molecular weight excluding hydrogens is 150 g/mol. The molecule has 2 nitrogen and oxygen atoms in total. The van der Waals surface area contributed by atoms with Gasteiger partial charge in [0.25, 0.3) is 0 Å². The normalized spacial score (nSPS) is 10.3. The summed E-state index contributed by atoms with van der Waals surface area (Å²) in [6.45, 7) is 4.13. The Morgan fingerprint density at radius 1 is 1.33 bits per heavy atom. The highest BCUT2D eigenvalue weighted by atomic mass is 16.3. The first-order valence-corrected chi connectivity index (χ1v) is 4.16. The van der Waals surface area contributed by atoms with Crippen LogP contribution in [0.3, 0.4) is 0 Å². The molecule has 0 saturated carbocycles. The van der Waals surface area contributed by atoms with Crippen LogP contribution in [0.1, 0.15) is 25.3 Å². The predicted molar refractivity (Wildman–Crippen MR) is 51.7 cm³/mol. The lowest BCUT2D eigenvalue weighted by Crippen LogP contribution is -1.92. The van der Waals surface area contributed by atoms with Crippen LogP contribution in [-0.4, -0.2) is 12.2 Å². The minimum Gasteiger partial charge on any atom is -0.508 e. The van der Waals surface area contributed by atoms with E-state index in [0.29, 0.717) is 11.7 Å². The summed E-state index contributed by atoms with van der Waals surface area (Å²) >= 11 is 0. The molecule has 0 spiro atoms. The van der Waals surface area contributed by atoms with Crippen molar-refractivity contribution in [1.29, 1.82) is 0 Å². The van der Waals surface area contributed by atoms with E-state index in [1.807, 2.05) is 19.2 Å². The minimum absolute atomic E-state index is 0.360. The van der Waals surface area contributed by atoms with Crippen LogP contribution in [0.25, 0.3) is 0 Å². The third kappa shape index (κ3) is 1.70. The predicted octanol–water partition coefficient (Wildman–Crippen LogP) is 2.56. The lowest BCUT2D eigenvalue weighted by atomic mass is 10.0. The Morgan fingerprint density at radius 2 is 2.00 bits per heavy atom. The first-order valence-electron chi connectivity index (χ1n) is 4.16. The summed E-state index contributed by atoms with van der Waals surface area (Å²) in [5.74, 6) is 0.738. The molecule has 0 saturated heterocycles. The molecule has 0 unspecified atom stereocenters. The lowest BCUT2D eigenvalue weighted by Gasteiger charge is -2.09. The first-order chi connectivity index (χ1) is 5.65. The molecule has 0 bridgehead atoms. The summed E-state index contributed by atoms with van der Waals surface area (Å²) < 4.78 is 0. The fourth-order valence-corrected chi connectivity index (χ4v) is 1.17. The lowest BCUT2D eigenvalue weighted by molar-refractivity contribution is 0.465. The van der Waals surface area contributed by atoms with E-state index in [-0.39, 0.29) is 0 Å². The average molecular weight is 165 g/mol. The Labute approximate surface area is 73.2 Å². The van der Waals surface area contributed by atoms with Gasteiger partial charge in [0.2, 0.25) is 0 Å². The van der Waals surface area contributed by atoms with Crippen molar-refractivity contribution in [3.63, 3.8) is 0 Å². The van der Waals surface area contributed by atoms with Gasteiger partial charge in [-0.25, -0.2) is 0 Å². The molecule has 12 heavy (non-hydrogen) atoms. The van der Waals surface area contributed by atoms with E-state index in [4.69, 9.17) is 0 Å². The van der Waals surface area contributed by atoms with Crippen LogP contribution in [0.4, 0.5) is 5.69 Å². The fourth-order valence-electron chi connectivity index (χ4n) is 1.17. The smallest absolute Gasteiger partial charge is 0.119 e. The molecule has 2 N–H and O–H groups in total. The average Bonchev–Trinajstić information content (AvgIpc) is 2.05. The van der Waals surface area contributed by atoms with Crippen LogP contribution in [0.15, 0.2) is 18.2 Å². The summed E-state index contributed by atoms with van der Waals surface area (Å²) in [6.07, 6.45) is 0. The number of hydrogen-bond acceptors (Lipinski definition) is 2. The third-order valence-corrected chi connectivity index (χ3v) is 1.94. The molecule has 0 fully saturated rings. The van der Waals surface area contributed by atoms with Crippen molar-refractivity contribution in [2.24, 2.45) is 0 Å². The molecule has 0 amide bonds. The Morgan fingerprint density at radius 3 is 2.50 bits per heavy atom. The molecule has 1 aromatic carbocycles. The van der Waals surface area contributed by atoms with Gasteiger partial charge in [0.05, 0.1) is 0 Å². The minimum atomic E-state index is 0.360. The van der Waals surface area contributed by atoms with Gasteiger partial charge in [0, 0.05) is 12.7 Å². The fraction of sp³-hybridized carbons (Fsp3) is 0.400. The summed E-state index contributed by atoms with van der Waals surface area (Å²) in [5.41, 5.74) is 2.03. The van der Waals surface area contributed by atoms with Gasteiger partial charge in [-0.05, 0) is 29.7 Å². The highest BCUT2D eigenvalue weighted by Gasteiger charge is 2.05. The molecule has 2 heteroatoms. The molecule has 0 radical (unpaired) electrons. The number of aromatic hydroxyl groups is 1. The molecule has 0 atom stereocenters. The zero-order valence-corrected chi connectivity index (χ0v) is 7.76. The van der Waals surface area contributed by atoms with E-state index >= 15 is 0 Å². The van der Waals surface area contributed by atoms with Crippen LogP contribution in [0.5, 0.6) is 5.75 Å². The Kier molecular flexibility index (Phi) is 2.58. The number of phenols is 1. The standard InChI is InChI=1S/C10H15NO/c1-7(2)9-6-8(11-3)4-5-10(9)12/h4-7,11-12H,1-3H3. The van der Waals surface area contributed by atoms with Crippen molar-refractivity contribution in [2.45, 2.75) is 19.8 Å². The van der Waals surface area contributed by atoms with Crippen molar-refractivity contribution in [3.8, 4) is 5.75 Å². The van der Waals surface area contributed by atoms with Gasteiger partial charge in [-0.2, -0.15) is 0 Å². The number of hydrogen-bond donors (Lipinski definition) is 2. The van der Waals surface area contributed by atoms with Crippen molar-refractivity contribution in [3.05, 3.63) is 23.8 Å². The van der Waals surface area contributed by atoms with E-state index in [1.54, 1.807) is 6.07 Å². The van der Waals surface area contributed by atoms with Crippen molar-refractivity contribution >= 4 is 5.69 Å². The summed E-state index contributed by atoms with van der Waals surface area (Å²) in [4.78, 5) is 0. The number of rotatable bonds is 2. The topological polar surface area (TPSA) is 32.3 Å². The number of benzene rings is 1. The molecule has 0 aliphatic carbocycles. The van der Waals surface area contributed by atoms with E-state index in [2.05, 4.69) is 19.2 Å². The number of phenolic OH excluding ortho intramolecular Hbond substituents is 1. The summed E-state index contributed by atoms with van der Waals surface area (Å²) in [6, 6.07) is 5.56. The second kappa shape index (κ2) is 3.48. The zero-order chi connectivity index (χ0) is 9.14. The van der Waals surface area contributed by atoms with E-state index in [9.17, 15) is 5.11 Å². The van der Waals surface area contributed by atoms with Crippen molar-refractivity contribution in [1.82, 2.24) is 0 Å². The second-order valence-electron chi connectivity index (χ2n) is 3.18. The van der Waals surface area contributed by atoms with Crippen molar-refractivity contribution < 1.29 is 5.11 Å². The van der Waals surface area contributed by atoms with Gasteiger partial charge in [0.15, 0.2) is 0 Å². The molecule has 0 aliphatic rings. The van der Waals surface area contributed by atoms with Gasteiger partial charge >= 0.3 is 0 Å². The maximum absolute atomic E-state index is 9.47. The SMILES string of the molecule is CNc1ccc(O)c(C(C)C)c1. The second-order valence-corrected chi connectivity index (χ2v) is 3.18. The van der Waals surface area contributed by atoms with Crippen LogP contribution in [-0.2, 0) is 0 Å². The van der Waals surface area contributed by atoms with E-state index < -0.39 is 0 Å². The van der Waals surface area contributed by atoms with Gasteiger partial charge in [-0.3, -0.25) is 0 Å². The molecule has 0 heterocycles. The summed E-state index contributed by atoms with van der Waals surface area (Å²) in [5, 5.41) is 12.5. The van der Waals surface area contributed by atoms with Gasteiger partial charge in [-0.15, -0.1) is 0 Å². The maximum Gasteiger partial charge on any atom is 0.119 e. The molecule has 66 valence electrons. The number of nitrogens with one attached hydrogen (secondary N) is 1. The van der Waals surface area contributed by atoms with Crippen molar-refractivity contribution in [2.75, 3.05) is 12.4 Å². The van der Waals surface area contributed by atoms with Gasteiger partial charge in [0.1, 0.15) is 5.75 Å². The molecule has 1 rings (SSSR count). The Bertz CT molecular complexity index is 269. The maximum atomic E-state index is 9.47. The monoisotopic (exact) mass is 165 g/mol. The van der Waals surface area contributed by atoms with E-state index in [0.717, 1.165) is 11.3 Å². The molecule has 1 aromatic rings. The summed E-state index contributed by atoms with van der Waals surface area (Å²) in [7, 11) is 1.87. The first kappa shape index (κ1) is 8.91. The number of anilines is 1. The van der Waals surface area contributed by atoms with E-state index in [1.165, 1.54) is 0 Å². The Hall–Kier alpha value is -1.18. The molecular formula is C10H15NO. The highest BCUT2D eigenvalue weighted by molar-refractivity contribution is 5.51. The van der Waals surface area contributed by atoms with Crippen LogP contribution in [0, 0.1) is 0 Å². The largest absolute Gasteiger partial charge is 0.508 e. The zero-order valence-electron chi connectivity index (χ0n) is 7.76. The van der Waals surface area contributed by atoms with Gasteiger partial charge in [-0.1, -0.05) is 13.8 Å². The highest BCUT2D eigenvalue weighted by Crippen LogP contribution is 2.27. The molecule has 0 aliphatic heterocycles. The van der Waals surface area contributed by atoms with Gasteiger partial charge < -0.3 is 10.4 Å². The van der Waals surface area contributed by atoms with Crippen LogP contribution in [0.2, 0.25) is 0 Å². The Balaban J connectivity index is 3.08. The third-order valence-electron chi connectivity index (χ3n) is 1.94. The molecule has 0 aromatic heterocycles. The van der Waals surface area contributed by atoms with Crippen LogP contribution >= 0.6 is 0 Å². The van der Waals surface area contributed by atoms with Crippen LogP contribution < -0.4 is 5.32 Å². The quantitative estimate of drug-likeness (QED) is 0.660.